The Morgan fingerprint density at radius 3 is 2.48 bits per heavy atom. The summed E-state index contributed by atoms with van der Waals surface area (Å²) in [5.41, 5.74) is 1.20. The molecule has 1 N–H and O–H groups in total. The smallest absolute Gasteiger partial charge is 0.267 e. The fraction of sp³-hybridized carbons (Fsp3) is 0.448. The van der Waals surface area contributed by atoms with Crippen LogP contribution in [-0.4, -0.2) is 17.7 Å². The molecule has 2 aromatic carbocycles. The van der Waals surface area contributed by atoms with Gasteiger partial charge in [-0.1, -0.05) is 80.7 Å². The molecule has 0 saturated heterocycles. The predicted molar refractivity (Wildman–Crippen MR) is 134 cm³/mol. The second-order valence-electron chi connectivity index (χ2n) is 10.0. The molecule has 33 heavy (non-hydrogen) atoms. The SMILES string of the molecule is C=CCC1(C2C=CC=C2)c2ccccc2N(CCC2CCCCC2)C1Cc1c(O)c(=O)c1=O. The van der Waals surface area contributed by atoms with E-state index in [1.807, 2.05) is 6.08 Å². The summed E-state index contributed by atoms with van der Waals surface area (Å²) in [7, 11) is 0. The molecule has 1 saturated carbocycles. The zero-order valence-electron chi connectivity index (χ0n) is 19.2. The van der Waals surface area contributed by atoms with E-state index >= 15 is 0 Å². The summed E-state index contributed by atoms with van der Waals surface area (Å²) < 4.78 is 0. The zero-order chi connectivity index (χ0) is 23.0. The lowest BCUT2D eigenvalue weighted by molar-refractivity contribution is 0.288. The molecule has 0 aromatic heterocycles. The maximum atomic E-state index is 12.4. The minimum absolute atomic E-state index is 0.0388. The number of anilines is 1. The first-order valence-corrected chi connectivity index (χ1v) is 12.4. The van der Waals surface area contributed by atoms with E-state index in [0.29, 0.717) is 12.0 Å². The second-order valence-corrected chi connectivity index (χ2v) is 10.0. The number of rotatable bonds is 8. The predicted octanol–water partition coefficient (Wildman–Crippen LogP) is 4.95. The molecule has 172 valence electrons. The van der Waals surface area contributed by atoms with E-state index in [0.717, 1.165) is 25.3 Å². The Bertz CT molecular complexity index is 1150. The number of allylic oxidation sites excluding steroid dienone is 5. The van der Waals surface area contributed by atoms with E-state index in [2.05, 4.69) is 60.0 Å². The van der Waals surface area contributed by atoms with Crippen molar-refractivity contribution in [3.63, 3.8) is 0 Å². The normalized spacial score (nSPS) is 25.2. The molecule has 0 radical (unpaired) electrons. The van der Waals surface area contributed by atoms with Crippen molar-refractivity contribution in [2.45, 2.75) is 62.8 Å². The highest BCUT2D eigenvalue weighted by atomic mass is 16.3. The molecule has 1 aliphatic heterocycles. The van der Waals surface area contributed by atoms with Gasteiger partial charge in [-0.05, 0) is 30.4 Å². The van der Waals surface area contributed by atoms with Gasteiger partial charge in [-0.3, -0.25) is 9.59 Å². The Kier molecular flexibility index (Phi) is 5.86. The average molecular weight is 444 g/mol. The summed E-state index contributed by atoms with van der Waals surface area (Å²) in [5, 5.41) is 10.3. The first kappa shape index (κ1) is 21.9. The van der Waals surface area contributed by atoms with Crippen LogP contribution in [0.2, 0.25) is 0 Å². The van der Waals surface area contributed by atoms with E-state index in [-0.39, 0.29) is 23.1 Å². The van der Waals surface area contributed by atoms with Crippen molar-refractivity contribution in [1.29, 1.82) is 0 Å². The van der Waals surface area contributed by atoms with Gasteiger partial charge in [0.05, 0.1) is 5.56 Å². The third-order valence-electron chi connectivity index (χ3n) is 8.39. The summed E-state index contributed by atoms with van der Waals surface area (Å²) in [6.07, 6.45) is 19.5. The van der Waals surface area contributed by atoms with Crippen molar-refractivity contribution in [2.75, 3.05) is 11.4 Å². The number of nitrogens with zero attached hydrogens (tertiary/aromatic N) is 1. The Balaban J connectivity index is 1.59. The summed E-state index contributed by atoms with van der Waals surface area (Å²) in [6, 6.07) is 8.55. The van der Waals surface area contributed by atoms with Crippen LogP contribution in [0.1, 0.15) is 56.1 Å². The molecule has 0 amide bonds. The van der Waals surface area contributed by atoms with Crippen LogP contribution in [0.15, 0.2) is 70.8 Å². The molecule has 4 nitrogen and oxygen atoms in total. The van der Waals surface area contributed by atoms with Gasteiger partial charge in [0.15, 0.2) is 5.75 Å². The highest BCUT2D eigenvalue weighted by Crippen LogP contribution is 2.54. The highest BCUT2D eigenvalue weighted by Gasteiger charge is 2.54. The summed E-state index contributed by atoms with van der Waals surface area (Å²) in [4.78, 5) is 26.7. The van der Waals surface area contributed by atoms with E-state index in [1.54, 1.807) is 0 Å². The summed E-state index contributed by atoms with van der Waals surface area (Å²) in [6.45, 7) is 5.02. The number of para-hydroxylation sites is 1. The van der Waals surface area contributed by atoms with Crippen molar-refractivity contribution in [3.05, 3.63) is 92.8 Å². The molecule has 0 spiro atoms. The van der Waals surface area contributed by atoms with Crippen LogP contribution in [-0.2, 0) is 11.8 Å². The number of benzene rings is 1. The maximum absolute atomic E-state index is 12.4. The first-order chi connectivity index (χ1) is 16.1. The minimum atomic E-state index is -0.746. The van der Waals surface area contributed by atoms with Crippen LogP contribution >= 0.6 is 0 Å². The highest BCUT2D eigenvalue weighted by molar-refractivity contribution is 5.67. The van der Waals surface area contributed by atoms with Gasteiger partial charge in [-0.25, -0.2) is 0 Å². The second kappa shape index (κ2) is 8.81. The number of fused-ring (bicyclic) bond motifs is 1. The quantitative estimate of drug-likeness (QED) is 0.463. The van der Waals surface area contributed by atoms with Crippen LogP contribution in [0.25, 0.3) is 0 Å². The Labute approximate surface area is 195 Å². The first-order valence-electron chi connectivity index (χ1n) is 12.4. The molecule has 4 heteroatoms. The molecule has 1 heterocycles. The Morgan fingerprint density at radius 2 is 1.79 bits per heavy atom. The number of hydrogen-bond acceptors (Lipinski definition) is 4. The van der Waals surface area contributed by atoms with Gasteiger partial charge in [0, 0.05) is 36.0 Å². The third kappa shape index (κ3) is 3.51. The van der Waals surface area contributed by atoms with Gasteiger partial charge >= 0.3 is 0 Å². The fourth-order valence-corrected chi connectivity index (χ4v) is 6.72. The molecule has 2 atom stereocenters. The van der Waals surface area contributed by atoms with Crippen molar-refractivity contribution in [3.8, 4) is 5.75 Å². The summed E-state index contributed by atoms with van der Waals surface area (Å²) in [5.74, 6) is 0.565. The van der Waals surface area contributed by atoms with Crippen LogP contribution in [0.4, 0.5) is 5.69 Å². The van der Waals surface area contributed by atoms with E-state index in [9.17, 15) is 14.7 Å². The van der Waals surface area contributed by atoms with Crippen molar-refractivity contribution < 1.29 is 5.11 Å². The molecule has 2 aliphatic carbocycles. The fourth-order valence-electron chi connectivity index (χ4n) is 6.72. The molecule has 2 unspecified atom stereocenters. The van der Waals surface area contributed by atoms with Crippen molar-refractivity contribution in [2.24, 2.45) is 11.8 Å². The number of hydrogen-bond donors (Lipinski definition) is 1. The van der Waals surface area contributed by atoms with Crippen LogP contribution in [0.3, 0.4) is 0 Å². The van der Waals surface area contributed by atoms with Gasteiger partial charge in [-0.2, -0.15) is 0 Å². The Hall–Kier alpha value is -2.88. The molecule has 2 aromatic rings. The lowest BCUT2D eigenvalue weighted by Crippen LogP contribution is -2.52. The number of aromatic hydroxyl groups is 1. The molecule has 3 aliphatic rings. The van der Waals surface area contributed by atoms with Crippen molar-refractivity contribution >= 4 is 5.69 Å². The average Bonchev–Trinajstić information content (AvgIpc) is 3.48. The van der Waals surface area contributed by atoms with Gasteiger partial charge in [-0.15, -0.1) is 6.58 Å². The largest absolute Gasteiger partial charge is 0.504 e. The lowest BCUT2D eigenvalue weighted by atomic mass is 9.64. The standard InChI is InChI=1S/C29H33NO3/c1-2-17-29(21-12-6-7-13-21)23-14-8-9-15-24(23)30(18-16-20-10-4-3-5-11-20)25(29)19-22-26(31)28(33)27(22)32/h2,6-9,12-15,20-21,25,31H,1,3-5,10-11,16-19H2. The van der Waals surface area contributed by atoms with Gasteiger partial charge < -0.3 is 10.0 Å². The van der Waals surface area contributed by atoms with Gasteiger partial charge in [0.2, 0.25) is 5.43 Å². The zero-order valence-corrected chi connectivity index (χ0v) is 19.2. The summed E-state index contributed by atoms with van der Waals surface area (Å²) >= 11 is 0. The third-order valence-corrected chi connectivity index (χ3v) is 8.39. The van der Waals surface area contributed by atoms with Gasteiger partial charge in [0.25, 0.3) is 5.43 Å². The monoisotopic (exact) mass is 443 g/mol. The van der Waals surface area contributed by atoms with E-state index in [1.165, 1.54) is 43.4 Å². The lowest BCUT2D eigenvalue weighted by Gasteiger charge is -2.43. The topological polar surface area (TPSA) is 57.6 Å². The Morgan fingerprint density at radius 1 is 1.06 bits per heavy atom. The van der Waals surface area contributed by atoms with E-state index < -0.39 is 10.9 Å². The molecule has 1 fully saturated rings. The van der Waals surface area contributed by atoms with Crippen LogP contribution < -0.4 is 15.8 Å². The van der Waals surface area contributed by atoms with Gasteiger partial charge in [0.1, 0.15) is 0 Å². The molecule has 0 bridgehead atoms. The van der Waals surface area contributed by atoms with E-state index in [4.69, 9.17) is 0 Å². The van der Waals surface area contributed by atoms with Crippen molar-refractivity contribution in [1.82, 2.24) is 0 Å². The molecule has 5 rings (SSSR count). The minimum Gasteiger partial charge on any atom is -0.504 e. The molecular formula is C29H33NO3. The van der Waals surface area contributed by atoms with Crippen LogP contribution in [0, 0.1) is 11.8 Å². The maximum Gasteiger partial charge on any atom is 0.267 e. The molecular weight excluding hydrogens is 410 g/mol. The van der Waals surface area contributed by atoms with Crippen LogP contribution in [0.5, 0.6) is 5.75 Å².